The molecule has 0 N–H and O–H groups in total. The van der Waals surface area contributed by atoms with Crippen molar-refractivity contribution in [3.05, 3.63) is 0 Å². The molecular formula is C9H20N2. The van der Waals surface area contributed by atoms with Crippen molar-refractivity contribution in [2.24, 2.45) is 4.99 Å². The molecular weight excluding hydrogens is 136 g/mol. The fourth-order valence-electron chi connectivity index (χ4n) is 0.966. The molecule has 0 aliphatic heterocycles. The van der Waals surface area contributed by atoms with Crippen LogP contribution in [-0.2, 0) is 0 Å². The van der Waals surface area contributed by atoms with Crippen LogP contribution in [0.4, 0.5) is 0 Å². The Labute approximate surface area is 70.3 Å². The van der Waals surface area contributed by atoms with Crippen molar-refractivity contribution in [2.75, 3.05) is 20.6 Å². The van der Waals surface area contributed by atoms with Crippen molar-refractivity contribution in [2.45, 2.75) is 33.2 Å². The molecule has 0 aliphatic rings. The summed E-state index contributed by atoms with van der Waals surface area (Å²) in [5.74, 6) is 0. The molecule has 11 heavy (non-hydrogen) atoms. The first-order valence-electron chi connectivity index (χ1n) is 4.24. The molecule has 0 amide bonds. The van der Waals surface area contributed by atoms with Gasteiger partial charge in [0.05, 0.1) is 0 Å². The summed E-state index contributed by atoms with van der Waals surface area (Å²) in [6.07, 6.45) is 1.13. The zero-order chi connectivity index (χ0) is 8.85. The number of rotatable bonds is 4. The number of hydrogen-bond donors (Lipinski definition) is 0. The Morgan fingerprint density at radius 1 is 1.45 bits per heavy atom. The highest BCUT2D eigenvalue weighted by Crippen LogP contribution is 1.96. The van der Waals surface area contributed by atoms with Gasteiger partial charge in [-0.3, -0.25) is 4.99 Å². The van der Waals surface area contributed by atoms with Crippen LogP contribution in [0, 0.1) is 0 Å². The molecule has 0 bridgehead atoms. The van der Waals surface area contributed by atoms with E-state index in [4.69, 9.17) is 0 Å². The van der Waals surface area contributed by atoms with Crippen LogP contribution in [0.2, 0.25) is 0 Å². The molecule has 0 saturated heterocycles. The third kappa shape index (κ3) is 6.05. The van der Waals surface area contributed by atoms with Gasteiger partial charge in [0.25, 0.3) is 0 Å². The van der Waals surface area contributed by atoms with Crippen LogP contribution in [0.5, 0.6) is 0 Å². The van der Waals surface area contributed by atoms with Crippen molar-refractivity contribution in [3.63, 3.8) is 0 Å². The van der Waals surface area contributed by atoms with Gasteiger partial charge in [0.1, 0.15) is 0 Å². The molecule has 2 nitrogen and oxygen atoms in total. The fraction of sp³-hybridized carbons (Fsp3) is 0.889. The molecule has 0 saturated carbocycles. The van der Waals surface area contributed by atoms with Crippen molar-refractivity contribution < 1.29 is 0 Å². The van der Waals surface area contributed by atoms with Crippen LogP contribution < -0.4 is 0 Å². The lowest BCUT2D eigenvalue weighted by molar-refractivity contribution is 0.467. The average Bonchev–Trinajstić information content (AvgIpc) is 1.85. The molecule has 2 heteroatoms. The lowest BCUT2D eigenvalue weighted by Gasteiger charge is -2.10. The Morgan fingerprint density at radius 2 is 2.00 bits per heavy atom. The van der Waals surface area contributed by atoms with Crippen molar-refractivity contribution >= 4 is 5.71 Å². The average molecular weight is 156 g/mol. The highest BCUT2D eigenvalue weighted by Gasteiger charge is 1.97. The van der Waals surface area contributed by atoms with E-state index in [0.717, 1.165) is 13.0 Å². The zero-order valence-corrected chi connectivity index (χ0v) is 8.39. The SMILES string of the molecule is CCC(C)N=C(C)CN(C)C. The van der Waals surface area contributed by atoms with E-state index >= 15 is 0 Å². The predicted octanol–water partition coefficient (Wildman–Crippen LogP) is 1.81. The molecule has 0 aromatic rings. The lowest BCUT2D eigenvalue weighted by Crippen LogP contribution is -2.20. The maximum atomic E-state index is 4.51. The molecule has 0 radical (unpaired) electrons. The second-order valence-corrected chi connectivity index (χ2v) is 3.36. The maximum absolute atomic E-state index is 4.51. The molecule has 1 atom stereocenters. The molecule has 0 spiro atoms. The Hall–Kier alpha value is -0.370. The van der Waals surface area contributed by atoms with Crippen LogP contribution >= 0.6 is 0 Å². The van der Waals surface area contributed by atoms with Gasteiger partial charge in [-0.05, 0) is 34.4 Å². The first-order valence-corrected chi connectivity index (χ1v) is 4.24. The van der Waals surface area contributed by atoms with Gasteiger partial charge >= 0.3 is 0 Å². The predicted molar refractivity (Wildman–Crippen MR) is 51.4 cm³/mol. The minimum absolute atomic E-state index is 0.481. The number of nitrogens with zero attached hydrogens (tertiary/aromatic N) is 2. The Bertz CT molecular complexity index is 128. The first kappa shape index (κ1) is 10.6. The molecule has 0 aliphatic carbocycles. The quantitative estimate of drug-likeness (QED) is 0.567. The van der Waals surface area contributed by atoms with Crippen LogP contribution in [0.15, 0.2) is 4.99 Å². The number of aliphatic imine (C=N–C) groups is 1. The van der Waals surface area contributed by atoms with E-state index < -0.39 is 0 Å². The van der Waals surface area contributed by atoms with Gasteiger partial charge in [0.15, 0.2) is 0 Å². The van der Waals surface area contributed by atoms with Crippen molar-refractivity contribution in [1.82, 2.24) is 4.90 Å². The van der Waals surface area contributed by atoms with E-state index in [2.05, 4.69) is 44.8 Å². The minimum atomic E-state index is 0.481. The van der Waals surface area contributed by atoms with E-state index in [-0.39, 0.29) is 0 Å². The van der Waals surface area contributed by atoms with Gasteiger partial charge in [-0.2, -0.15) is 0 Å². The van der Waals surface area contributed by atoms with Crippen LogP contribution in [-0.4, -0.2) is 37.3 Å². The lowest BCUT2D eigenvalue weighted by atomic mass is 10.2. The summed E-state index contributed by atoms with van der Waals surface area (Å²) in [4.78, 5) is 6.65. The topological polar surface area (TPSA) is 15.6 Å². The fourth-order valence-corrected chi connectivity index (χ4v) is 0.966. The molecule has 66 valence electrons. The summed E-state index contributed by atoms with van der Waals surface area (Å²) < 4.78 is 0. The summed E-state index contributed by atoms with van der Waals surface area (Å²) >= 11 is 0. The second-order valence-electron chi connectivity index (χ2n) is 3.36. The van der Waals surface area contributed by atoms with E-state index in [9.17, 15) is 0 Å². The third-order valence-corrected chi connectivity index (χ3v) is 1.58. The van der Waals surface area contributed by atoms with E-state index in [1.54, 1.807) is 0 Å². The Balaban J connectivity index is 3.79. The highest BCUT2D eigenvalue weighted by molar-refractivity contribution is 5.83. The summed E-state index contributed by atoms with van der Waals surface area (Å²) in [6.45, 7) is 7.38. The summed E-state index contributed by atoms with van der Waals surface area (Å²) in [5.41, 5.74) is 1.23. The molecule has 0 aromatic carbocycles. The second kappa shape index (κ2) is 5.30. The van der Waals surface area contributed by atoms with Gasteiger partial charge < -0.3 is 4.90 Å². The normalized spacial score (nSPS) is 15.6. The first-order chi connectivity index (χ1) is 5.06. The monoisotopic (exact) mass is 156 g/mol. The van der Waals surface area contributed by atoms with Crippen LogP contribution in [0.1, 0.15) is 27.2 Å². The van der Waals surface area contributed by atoms with Gasteiger partial charge in [-0.15, -0.1) is 0 Å². The van der Waals surface area contributed by atoms with Crippen LogP contribution in [0.25, 0.3) is 0 Å². The van der Waals surface area contributed by atoms with Crippen molar-refractivity contribution in [3.8, 4) is 0 Å². The molecule has 1 unspecified atom stereocenters. The van der Waals surface area contributed by atoms with E-state index in [0.29, 0.717) is 6.04 Å². The maximum Gasteiger partial charge on any atom is 0.0468 e. The van der Waals surface area contributed by atoms with Crippen LogP contribution in [0.3, 0.4) is 0 Å². The molecule has 0 fully saturated rings. The van der Waals surface area contributed by atoms with Gasteiger partial charge in [-0.1, -0.05) is 6.92 Å². The Morgan fingerprint density at radius 3 is 2.36 bits per heavy atom. The standard InChI is InChI=1S/C9H20N2/c1-6-8(2)10-9(3)7-11(4)5/h8H,6-7H2,1-5H3. The van der Waals surface area contributed by atoms with Gasteiger partial charge in [-0.25, -0.2) is 0 Å². The van der Waals surface area contributed by atoms with Crippen molar-refractivity contribution in [1.29, 1.82) is 0 Å². The van der Waals surface area contributed by atoms with E-state index in [1.807, 2.05) is 0 Å². The summed E-state index contributed by atoms with van der Waals surface area (Å²) in [5, 5.41) is 0. The highest BCUT2D eigenvalue weighted by atomic mass is 15.1. The van der Waals surface area contributed by atoms with Gasteiger partial charge in [0.2, 0.25) is 0 Å². The third-order valence-electron chi connectivity index (χ3n) is 1.58. The smallest absolute Gasteiger partial charge is 0.0468 e. The molecule has 0 aromatic heterocycles. The number of hydrogen-bond acceptors (Lipinski definition) is 2. The summed E-state index contributed by atoms with van der Waals surface area (Å²) in [6, 6.07) is 0.481. The Kier molecular flexibility index (Phi) is 5.12. The van der Waals surface area contributed by atoms with E-state index in [1.165, 1.54) is 5.71 Å². The molecule has 0 heterocycles. The summed E-state index contributed by atoms with van der Waals surface area (Å²) in [7, 11) is 4.13. The minimum Gasteiger partial charge on any atom is -0.304 e. The zero-order valence-electron chi connectivity index (χ0n) is 8.39. The van der Waals surface area contributed by atoms with Gasteiger partial charge in [0, 0.05) is 18.3 Å². The largest absolute Gasteiger partial charge is 0.304 e. The molecule has 0 rings (SSSR count).